The summed E-state index contributed by atoms with van der Waals surface area (Å²) < 4.78 is 22.9. The number of imidazole rings is 1. The maximum atomic E-state index is 11.6. The molecule has 150 valence electrons. The molecule has 0 saturated carbocycles. The Balaban J connectivity index is 2.01. The Morgan fingerprint density at radius 1 is 1.11 bits per heavy atom. The number of esters is 3. The number of ether oxygens (including phenoxy) is 4. The van der Waals surface area contributed by atoms with Crippen molar-refractivity contribution in [2.75, 3.05) is 6.61 Å². The van der Waals surface area contributed by atoms with E-state index in [-0.39, 0.29) is 22.9 Å². The largest absolute Gasteiger partial charge is 0.463 e. The smallest absolute Gasteiger partial charge is 0.303 e. The lowest BCUT2D eigenvalue weighted by Crippen LogP contribution is -2.40. The highest BCUT2D eigenvalue weighted by atomic mass is 35.5. The van der Waals surface area contributed by atoms with E-state index in [4.69, 9.17) is 30.5 Å². The molecule has 3 rings (SSSR count). The van der Waals surface area contributed by atoms with Crippen molar-refractivity contribution in [1.82, 2.24) is 25.0 Å². The third kappa shape index (κ3) is 4.02. The van der Waals surface area contributed by atoms with Crippen molar-refractivity contribution >= 4 is 40.7 Å². The van der Waals surface area contributed by atoms with Crippen LogP contribution in [0.4, 0.5) is 0 Å². The van der Waals surface area contributed by atoms with Gasteiger partial charge in [0.05, 0.1) is 6.33 Å². The van der Waals surface area contributed by atoms with E-state index >= 15 is 0 Å². The zero-order valence-electron chi connectivity index (χ0n) is 15.1. The van der Waals surface area contributed by atoms with E-state index in [1.807, 2.05) is 0 Å². The predicted octanol–water partition coefficient (Wildman–Crippen LogP) is 0.199. The fourth-order valence-corrected chi connectivity index (χ4v) is 3.02. The van der Waals surface area contributed by atoms with Gasteiger partial charge in [0.15, 0.2) is 29.2 Å². The number of carbonyl (C=O) groups excluding carboxylic acids is 3. The molecule has 2 aromatic heterocycles. The molecule has 1 fully saturated rings. The standard InChI is InChI=1S/C15H16ClN5O7/c1-6(22)25-4-9-11(26-7(2)23)12(27-8(3)24)15(28-9)21-5-17-10-13(16)18-20-19-14(10)21/h5,9,11-12,15H,4H2,1-3H3/t9-,11-,12-,15-/m1/s1. The van der Waals surface area contributed by atoms with Crippen LogP contribution in [0.15, 0.2) is 6.33 Å². The minimum Gasteiger partial charge on any atom is -0.463 e. The van der Waals surface area contributed by atoms with Crippen molar-refractivity contribution in [3.05, 3.63) is 11.5 Å². The number of hydrogen-bond acceptors (Lipinski definition) is 11. The monoisotopic (exact) mass is 413 g/mol. The first-order valence-electron chi connectivity index (χ1n) is 8.12. The number of nitrogens with zero attached hydrogens (tertiary/aromatic N) is 5. The van der Waals surface area contributed by atoms with Crippen LogP contribution in [0.5, 0.6) is 0 Å². The van der Waals surface area contributed by atoms with Gasteiger partial charge in [-0.15, -0.1) is 10.2 Å². The Bertz CT molecular complexity index is 919. The van der Waals surface area contributed by atoms with Crippen molar-refractivity contribution < 1.29 is 33.3 Å². The molecule has 3 heterocycles. The van der Waals surface area contributed by atoms with E-state index in [9.17, 15) is 14.4 Å². The number of carbonyl (C=O) groups is 3. The van der Waals surface area contributed by atoms with Crippen molar-refractivity contribution in [2.45, 2.75) is 45.3 Å². The van der Waals surface area contributed by atoms with Crippen LogP contribution < -0.4 is 0 Å². The third-order valence-electron chi connectivity index (χ3n) is 3.85. The summed E-state index contributed by atoms with van der Waals surface area (Å²) in [6.07, 6.45) is -2.63. The Morgan fingerprint density at radius 3 is 2.43 bits per heavy atom. The molecule has 28 heavy (non-hydrogen) atoms. The quantitative estimate of drug-likeness (QED) is 0.489. The van der Waals surface area contributed by atoms with Crippen molar-refractivity contribution in [2.24, 2.45) is 0 Å². The number of halogens is 1. The molecule has 0 radical (unpaired) electrons. The van der Waals surface area contributed by atoms with Gasteiger partial charge in [-0.05, 0) is 5.21 Å². The SMILES string of the molecule is CC(=O)OC[C@H]1O[C@@H](n2cnc3c(Cl)nnnc32)[C@H](OC(C)=O)[C@@H]1OC(C)=O. The molecule has 12 nitrogen and oxygen atoms in total. The molecule has 2 aromatic rings. The van der Waals surface area contributed by atoms with Crippen LogP contribution in [0.2, 0.25) is 5.15 Å². The first kappa shape index (κ1) is 19.9. The highest BCUT2D eigenvalue weighted by Crippen LogP contribution is 2.36. The van der Waals surface area contributed by atoms with Gasteiger partial charge in [0.1, 0.15) is 18.2 Å². The van der Waals surface area contributed by atoms with E-state index < -0.39 is 42.4 Å². The van der Waals surface area contributed by atoms with E-state index in [1.54, 1.807) is 0 Å². The molecule has 0 spiro atoms. The first-order valence-corrected chi connectivity index (χ1v) is 8.50. The molecule has 0 aromatic carbocycles. The molecule has 13 heteroatoms. The van der Waals surface area contributed by atoms with Crippen LogP contribution in [0.25, 0.3) is 11.2 Å². The Morgan fingerprint density at radius 2 is 1.79 bits per heavy atom. The molecule has 1 aliphatic heterocycles. The zero-order chi connectivity index (χ0) is 20.4. The summed E-state index contributed by atoms with van der Waals surface area (Å²) in [5, 5.41) is 11.1. The number of aromatic nitrogens is 5. The summed E-state index contributed by atoms with van der Waals surface area (Å²) in [6.45, 7) is 3.41. The number of hydrogen-bond donors (Lipinski definition) is 0. The van der Waals surface area contributed by atoms with Crippen molar-refractivity contribution in [3.8, 4) is 0 Å². The molecular weight excluding hydrogens is 398 g/mol. The summed E-state index contributed by atoms with van der Waals surface area (Å²) in [6, 6.07) is 0. The minimum absolute atomic E-state index is 0.0267. The first-order chi connectivity index (χ1) is 13.3. The second-order valence-electron chi connectivity index (χ2n) is 5.92. The highest BCUT2D eigenvalue weighted by molar-refractivity contribution is 6.33. The fraction of sp³-hybridized carbons (Fsp3) is 0.533. The van der Waals surface area contributed by atoms with Gasteiger partial charge in [-0.1, -0.05) is 11.6 Å². The van der Waals surface area contributed by atoms with Crippen LogP contribution in [0, 0.1) is 0 Å². The maximum absolute atomic E-state index is 11.6. The molecule has 1 saturated heterocycles. The molecule has 0 aliphatic carbocycles. The van der Waals surface area contributed by atoms with Crippen LogP contribution in [0.3, 0.4) is 0 Å². The van der Waals surface area contributed by atoms with Gasteiger partial charge in [0.25, 0.3) is 0 Å². The summed E-state index contributed by atoms with van der Waals surface area (Å²) >= 11 is 5.97. The second-order valence-corrected chi connectivity index (χ2v) is 6.28. The summed E-state index contributed by atoms with van der Waals surface area (Å²) in [5.74, 6) is -1.80. The number of rotatable bonds is 5. The molecule has 0 amide bonds. The van der Waals surface area contributed by atoms with Crippen molar-refractivity contribution in [1.29, 1.82) is 0 Å². The van der Waals surface area contributed by atoms with E-state index in [0.717, 1.165) is 0 Å². The highest BCUT2D eigenvalue weighted by Gasteiger charge is 2.51. The zero-order valence-corrected chi connectivity index (χ0v) is 15.8. The fourth-order valence-electron chi connectivity index (χ4n) is 2.85. The van der Waals surface area contributed by atoms with Gasteiger partial charge in [-0.25, -0.2) is 4.98 Å². The summed E-state index contributed by atoms with van der Waals surface area (Å²) in [7, 11) is 0. The lowest BCUT2D eigenvalue weighted by molar-refractivity contribution is -0.166. The van der Waals surface area contributed by atoms with Crippen LogP contribution in [0.1, 0.15) is 27.0 Å². The lowest BCUT2D eigenvalue weighted by atomic mass is 10.1. The molecule has 0 unspecified atom stereocenters. The van der Waals surface area contributed by atoms with Crippen LogP contribution >= 0.6 is 11.6 Å². The average Bonchev–Trinajstić information content (AvgIpc) is 3.16. The topological polar surface area (TPSA) is 145 Å². The Labute approximate surface area is 163 Å². The second kappa shape index (κ2) is 8.02. The predicted molar refractivity (Wildman–Crippen MR) is 89.8 cm³/mol. The number of fused-ring (bicyclic) bond motifs is 1. The van der Waals surface area contributed by atoms with Gasteiger partial charge in [0.2, 0.25) is 0 Å². The third-order valence-corrected chi connectivity index (χ3v) is 4.10. The molecule has 0 N–H and O–H groups in total. The summed E-state index contributed by atoms with van der Waals surface area (Å²) in [5.41, 5.74) is 0.478. The van der Waals surface area contributed by atoms with E-state index in [1.165, 1.54) is 31.7 Å². The van der Waals surface area contributed by atoms with E-state index in [2.05, 4.69) is 20.4 Å². The van der Waals surface area contributed by atoms with Gasteiger partial charge in [-0.3, -0.25) is 19.0 Å². The average molecular weight is 414 g/mol. The van der Waals surface area contributed by atoms with Crippen LogP contribution in [-0.4, -0.2) is 67.8 Å². The maximum Gasteiger partial charge on any atom is 0.303 e. The Hall–Kier alpha value is -2.86. The summed E-state index contributed by atoms with van der Waals surface area (Å²) in [4.78, 5) is 38.5. The molecular formula is C15H16ClN5O7. The Kier molecular flexibility index (Phi) is 5.70. The van der Waals surface area contributed by atoms with Gasteiger partial charge < -0.3 is 18.9 Å². The lowest BCUT2D eigenvalue weighted by Gasteiger charge is -2.23. The van der Waals surface area contributed by atoms with Crippen molar-refractivity contribution in [3.63, 3.8) is 0 Å². The molecule has 0 bridgehead atoms. The van der Waals surface area contributed by atoms with E-state index in [0.29, 0.717) is 0 Å². The van der Waals surface area contributed by atoms with Gasteiger partial charge in [0, 0.05) is 20.8 Å². The molecule has 1 aliphatic rings. The van der Waals surface area contributed by atoms with Crippen LogP contribution in [-0.2, 0) is 33.3 Å². The molecule has 4 atom stereocenters. The minimum atomic E-state index is -1.06. The van der Waals surface area contributed by atoms with Gasteiger partial charge >= 0.3 is 17.9 Å². The van der Waals surface area contributed by atoms with Gasteiger partial charge in [-0.2, -0.15) is 0 Å². The normalized spacial score (nSPS) is 24.1.